The van der Waals surface area contributed by atoms with Gasteiger partial charge in [-0.3, -0.25) is 4.79 Å². The summed E-state index contributed by atoms with van der Waals surface area (Å²) in [6.45, 7) is -0.0479. The van der Waals surface area contributed by atoms with E-state index in [1.54, 1.807) is 0 Å². The van der Waals surface area contributed by atoms with Crippen LogP contribution in [0, 0.1) is 5.92 Å². The molecule has 0 heterocycles. The van der Waals surface area contributed by atoms with E-state index in [4.69, 9.17) is 4.74 Å². The number of hydrazone groups is 1. The van der Waals surface area contributed by atoms with Crippen LogP contribution in [-0.2, 0) is 11.2 Å². The molecule has 0 radical (unpaired) electrons. The lowest BCUT2D eigenvalue weighted by Crippen LogP contribution is -2.25. The maximum absolute atomic E-state index is 12.0. The SMILES string of the molecule is O=C(COc1ccccc1Cc1ccccc1)N/N=C\[C@@H]1CC=CCC1. The van der Waals surface area contributed by atoms with E-state index in [1.165, 1.54) is 5.56 Å². The molecule has 2 aromatic rings. The second-order valence-corrected chi connectivity index (χ2v) is 6.42. The van der Waals surface area contributed by atoms with Crippen molar-refractivity contribution in [2.75, 3.05) is 6.61 Å². The zero-order chi connectivity index (χ0) is 18.0. The van der Waals surface area contributed by atoms with Crippen LogP contribution in [0.2, 0.25) is 0 Å². The summed E-state index contributed by atoms with van der Waals surface area (Å²) in [7, 11) is 0. The van der Waals surface area contributed by atoms with Crippen LogP contribution in [0.4, 0.5) is 0 Å². The summed E-state index contributed by atoms with van der Waals surface area (Å²) >= 11 is 0. The molecule has 0 aliphatic heterocycles. The average molecular weight is 348 g/mol. The number of ether oxygens (including phenoxy) is 1. The Morgan fingerprint density at radius 3 is 2.73 bits per heavy atom. The summed E-state index contributed by atoms with van der Waals surface area (Å²) < 4.78 is 5.72. The molecule has 1 aliphatic carbocycles. The fourth-order valence-electron chi connectivity index (χ4n) is 2.95. The predicted octanol–water partition coefficient (Wildman–Crippen LogP) is 4.11. The number of amides is 1. The number of nitrogens with one attached hydrogen (secondary N) is 1. The molecule has 134 valence electrons. The van der Waals surface area contributed by atoms with Crippen LogP contribution in [0.1, 0.15) is 30.4 Å². The zero-order valence-corrected chi connectivity index (χ0v) is 14.8. The van der Waals surface area contributed by atoms with Crippen molar-refractivity contribution in [2.45, 2.75) is 25.7 Å². The van der Waals surface area contributed by atoms with Gasteiger partial charge in [-0.1, -0.05) is 60.7 Å². The molecule has 1 aliphatic rings. The van der Waals surface area contributed by atoms with Crippen molar-refractivity contribution in [3.8, 4) is 5.75 Å². The quantitative estimate of drug-likeness (QED) is 0.465. The smallest absolute Gasteiger partial charge is 0.277 e. The second-order valence-electron chi connectivity index (χ2n) is 6.42. The van der Waals surface area contributed by atoms with E-state index in [2.05, 4.69) is 34.8 Å². The normalized spacial score (nSPS) is 16.5. The van der Waals surface area contributed by atoms with Crippen molar-refractivity contribution < 1.29 is 9.53 Å². The van der Waals surface area contributed by atoms with Gasteiger partial charge in [0.05, 0.1) is 0 Å². The van der Waals surface area contributed by atoms with Gasteiger partial charge in [0.2, 0.25) is 0 Å². The van der Waals surface area contributed by atoms with Gasteiger partial charge in [0.1, 0.15) is 5.75 Å². The summed E-state index contributed by atoms with van der Waals surface area (Å²) in [5.41, 5.74) is 4.82. The third kappa shape index (κ3) is 5.59. The zero-order valence-electron chi connectivity index (χ0n) is 14.8. The van der Waals surface area contributed by atoms with E-state index in [0.29, 0.717) is 5.92 Å². The Labute approximate surface area is 154 Å². The fraction of sp³-hybridized carbons (Fsp3) is 0.273. The van der Waals surface area contributed by atoms with Crippen LogP contribution < -0.4 is 10.2 Å². The van der Waals surface area contributed by atoms with E-state index >= 15 is 0 Å². The topological polar surface area (TPSA) is 50.7 Å². The lowest BCUT2D eigenvalue weighted by Gasteiger charge is -2.12. The average Bonchev–Trinajstić information content (AvgIpc) is 2.69. The van der Waals surface area contributed by atoms with Crippen molar-refractivity contribution in [3.05, 3.63) is 77.9 Å². The lowest BCUT2D eigenvalue weighted by molar-refractivity contribution is -0.123. The van der Waals surface area contributed by atoms with Crippen molar-refractivity contribution in [1.29, 1.82) is 0 Å². The number of carbonyl (C=O) groups excluding carboxylic acids is 1. The summed E-state index contributed by atoms with van der Waals surface area (Å²) in [4.78, 5) is 12.0. The highest BCUT2D eigenvalue weighted by molar-refractivity contribution is 5.78. The first-order chi connectivity index (χ1) is 12.8. The van der Waals surface area contributed by atoms with Gasteiger partial charge in [0.25, 0.3) is 5.91 Å². The van der Waals surface area contributed by atoms with Gasteiger partial charge < -0.3 is 4.74 Å². The van der Waals surface area contributed by atoms with Gasteiger partial charge in [-0.25, -0.2) is 5.43 Å². The maximum Gasteiger partial charge on any atom is 0.277 e. The number of hydrogen-bond acceptors (Lipinski definition) is 3. The second kappa shape index (κ2) is 9.56. The Kier molecular flexibility index (Phi) is 6.59. The molecule has 1 N–H and O–H groups in total. The van der Waals surface area contributed by atoms with Crippen molar-refractivity contribution >= 4 is 12.1 Å². The molecule has 26 heavy (non-hydrogen) atoms. The molecule has 0 saturated carbocycles. The Morgan fingerprint density at radius 1 is 1.12 bits per heavy atom. The third-order valence-electron chi connectivity index (χ3n) is 4.35. The molecule has 0 saturated heterocycles. The summed E-state index contributed by atoms with van der Waals surface area (Å²) in [6.07, 6.45) is 10.1. The largest absolute Gasteiger partial charge is 0.483 e. The highest BCUT2D eigenvalue weighted by Gasteiger charge is 2.08. The molecule has 0 unspecified atom stereocenters. The third-order valence-corrected chi connectivity index (χ3v) is 4.35. The standard InChI is InChI=1S/C22H24N2O2/c25-22(24-23-16-19-11-5-2-6-12-19)17-26-21-14-8-7-13-20(21)15-18-9-3-1-4-10-18/h1-5,7-10,13-14,16,19H,6,11-12,15,17H2,(H,24,25)/b23-16-/t19-/m1/s1. The molecule has 3 rings (SSSR count). The van der Waals surface area contributed by atoms with Gasteiger partial charge in [-0.2, -0.15) is 5.10 Å². The van der Waals surface area contributed by atoms with Crippen LogP contribution in [0.15, 0.2) is 71.9 Å². The van der Waals surface area contributed by atoms with Crippen LogP contribution in [0.25, 0.3) is 0 Å². The molecule has 0 aromatic heterocycles. The van der Waals surface area contributed by atoms with Gasteiger partial charge in [-0.05, 0) is 42.4 Å². The van der Waals surface area contributed by atoms with Crippen LogP contribution in [-0.4, -0.2) is 18.7 Å². The van der Waals surface area contributed by atoms with Crippen LogP contribution in [0.3, 0.4) is 0 Å². The highest BCUT2D eigenvalue weighted by Crippen LogP contribution is 2.21. The molecule has 2 aromatic carbocycles. The summed E-state index contributed by atoms with van der Waals surface area (Å²) in [5.74, 6) is 0.892. The Hall–Kier alpha value is -2.88. The van der Waals surface area contributed by atoms with Gasteiger partial charge in [-0.15, -0.1) is 0 Å². The minimum atomic E-state index is -0.248. The van der Waals surface area contributed by atoms with Gasteiger partial charge >= 0.3 is 0 Å². The van der Waals surface area contributed by atoms with E-state index in [-0.39, 0.29) is 12.5 Å². The van der Waals surface area contributed by atoms with Gasteiger partial charge in [0.15, 0.2) is 6.61 Å². The predicted molar refractivity (Wildman–Crippen MR) is 104 cm³/mol. The van der Waals surface area contributed by atoms with Gasteiger partial charge in [0, 0.05) is 12.6 Å². The molecule has 0 fully saturated rings. The number of benzene rings is 2. The number of carbonyl (C=O) groups is 1. The van der Waals surface area contributed by atoms with E-state index in [1.807, 2.05) is 48.7 Å². The summed E-state index contributed by atoms with van der Waals surface area (Å²) in [5, 5.41) is 4.06. The first kappa shape index (κ1) is 17.9. The van der Waals surface area contributed by atoms with Crippen LogP contribution in [0.5, 0.6) is 5.75 Å². The maximum atomic E-state index is 12.0. The van der Waals surface area contributed by atoms with E-state index in [9.17, 15) is 4.79 Å². The number of rotatable bonds is 7. The Balaban J connectivity index is 1.50. The minimum Gasteiger partial charge on any atom is -0.483 e. The number of para-hydroxylation sites is 1. The number of hydrogen-bond donors (Lipinski definition) is 1. The monoisotopic (exact) mass is 348 g/mol. The number of nitrogens with zero attached hydrogens (tertiary/aromatic N) is 1. The Bertz CT molecular complexity index is 769. The fourth-order valence-corrected chi connectivity index (χ4v) is 2.95. The highest BCUT2D eigenvalue weighted by atomic mass is 16.5. The lowest BCUT2D eigenvalue weighted by atomic mass is 9.96. The summed E-state index contributed by atoms with van der Waals surface area (Å²) in [6, 6.07) is 18.0. The Morgan fingerprint density at radius 2 is 1.92 bits per heavy atom. The molecule has 0 bridgehead atoms. The van der Waals surface area contributed by atoms with Crippen molar-refractivity contribution in [2.24, 2.45) is 11.0 Å². The molecule has 4 heteroatoms. The van der Waals surface area contributed by atoms with Crippen LogP contribution >= 0.6 is 0 Å². The molecular formula is C22H24N2O2. The van der Waals surface area contributed by atoms with Crippen molar-refractivity contribution in [1.82, 2.24) is 5.43 Å². The van der Waals surface area contributed by atoms with E-state index in [0.717, 1.165) is 37.0 Å². The first-order valence-corrected chi connectivity index (χ1v) is 9.03. The molecule has 1 atom stereocenters. The molecule has 1 amide bonds. The first-order valence-electron chi connectivity index (χ1n) is 9.03. The molecule has 0 spiro atoms. The molecular weight excluding hydrogens is 324 g/mol. The molecule has 4 nitrogen and oxygen atoms in total. The van der Waals surface area contributed by atoms with Crippen molar-refractivity contribution in [3.63, 3.8) is 0 Å². The number of allylic oxidation sites excluding steroid dienone is 2. The van der Waals surface area contributed by atoms with E-state index < -0.39 is 0 Å². The minimum absolute atomic E-state index is 0.0479.